The first kappa shape index (κ1) is 24.8. The first-order valence-electron chi connectivity index (χ1n) is 10.6. The number of benzene rings is 2. The van der Waals surface area contributed by atoms with Crippen molar-refractivity contribution >= 4 is 15.3 Å². The SMILES string of the molecule is CCCOCCC1CCC(c2cc(F)c(-c3cc(F)c(/C=C(\F)P)c(F)c3)c(F)c2)OC1. The Morgan fingerprint density at radius 2 is 1.69 bits per heavy atom. The lowest BCUT2D eigenvalue weighted by Crippen LogP contribution is -2.22. The molecule has 2 aromatic rings. The summed E-state index contributed by atoms with van der Waals surface area (Å²) in [6, 6.07) is 3.84. The standard InChI is InChI=1S/C24H26F5O2P/c1-2-6-30-7-5-14-3-4-22(31-13-14)15-8-20(27)24(21(28)9-15)16-10-18(25)17(12-23(29)32)19(26)11-16/h8-12,14,22H,2-7,13,32H2,1H3/b23-12+. The molecule has 32 heavy (non-hydrogen) atoms. The van der Waals surface area contributed by atoms with Gasteiger partial charge in [0, 0.05) is 18.8 Å². The molecule has 0 spiro atoms. The second kappa shape index (κ2) is 11.4. The number of rotatable bonds is 8. The fraction of sp³-hybridized carbons (Fsp3) is 0.417. The summed E-state index contributed by atoms with van der Waals surface area (Å²) in [5.41, 5.74) is -2.01. The lowest BCUT2D eigenvalue weighted by Gasteiger charge is -2.29. The van der Waals surface area contributed by atoms with Gasteiger partial charge in [-0.2, -0.15) is 0 Å². The van der Waals surface area contributed by atoms with Crippen molar-refractivity contribution in [2.75, 3.05) is 19.8 Å². The Bertz CT molecular complexity index is 921. The van der Waals surface area contributed by atoms with Crippen LogP contribution in [0.2, 0.25) is 0 Å². The van der Waals surface area contributed by atoms with Crippen molar-refractivity contribution < 1.29 is 31.4 Å². The Hall–Kier alpha value is -1.82. The average Bonchev–Trinajstić information content (AvgIpc) is 2.73. The van der Waals surface area contributed by atoms with E-state index in [2.05, 4.69) is 0 Å². The summed E-state index contributed by atoms with van der Waals surface area (Å²) in [7, 11) is 1.67. The van der Waals surface area contributed by atoms with Gasteiger partial charge in [-0.15, -0.1) is 0 Å². The van der Waals surface area contributed by atoms with E-state index in [1.54, 1.807) is 9.24 Å². The minimum atomic E-state index is -1.12. The molecule has 1 fully saturated rings. The molecule has 1 aliphatic rings. The van der Waals surface area contributed by atoms with E-state index in [1.807, 2.05) is 6.92 Å². The summed E-state index contributed by atoms with van der Waals surface area (Å²) in [6.45, 7) is 3.91. The first-order chi connectivity index (χ1) is 15.3. The maximum absolute atomic E-state index is 14.8. The van der Waals surface area contributed by atoms with Crippen LogP contribution in [0.3, 0.4) is 0 Å². The maximum atomic E-state index is 14.8. The summed E-state index contributed by atoms with van der Waals surface area (Å²) in [5.74, 6) is -3.80. The van der Waals surface area contributed by atoms with Gasteiger partial charge in [0.2, 0.25) is 0 Å². The van der Waals surface area contributed by atoms with E-state index in [1.165, 1.54) is 0 Å². The van der Waals surface area contributed by atoms with Crippen molar-refractivity contribution in [1.29, 1.82) is 0 Å². The molecule has 0 bridgehead atoms. The highest BCUT2D eigenvalue weighted by molar-refractivity contribution is 7.22. The second-order valence-electron chi connectivity index (χ2n) is 7.91. The molecule has 3 unspecified atom stereocenters. The minimum Gasteiger partial charge on any atom is -0.381 e. The monoisotopic (exact) mass is 472 g/mol. The zero-order valence-corrected chi connectivity index (χ0v) is 18.9. The van der Waals surface area contributed by atoms with E-state index < -0.39 is 46.1 Å². The van der Waals surface area contributed by atoms with Crippen molar-refractivity contribution in [1.82, 2.24) is 0 Å². The molecule has 0 N–H and O–H groups in total. The van der Waals surface area contributed by atoms with Crippen molar-refractivity contribution in [3.63, 3.8) is 0 Å². The van der Waals surface area contributed by atoms with Gasteiger partial charge in [0.15, 0.2) is 0 Å². The third-order valence-corrected chi connectivity index (χ3v) is 5.64. The molecule has 2 aromatic carbocycles. The number of hydrogen-bond donors (Lipinski definition) is 0. The number of ether oxygens (including phenoxy) is 2. The molecule has 8 heteroatoms. The predicted molar refractivity (Wildman–Crippen MR) is 118 cm³/mol. The Morgan fingerprint density at radius 1 is 1.03 bits per heavy atom. The van der Waals surface area contributed by atoms with Crippen LogP contribution in [0.5, 0.6) is 0 Å². The van der Waals surface area contributed by atoms with E-state index in [-0.39, 0.29) is 5.56 Å². The van der Waals surface area contributed by atoms with Crippen LogP contribution in [0.25, 0.3) is 17.2 Å². The van der Waals surface area contributed by atoms with Gasteiger partial charge >= 0.3 is 0 Å². The molecule has 0 radical (unpaired) electrons. The first-order valence-corrected chi connectivity index (χ1v) is 11.2. The fourth-order valence-electron chi connectivity index (χ4n) is 3.85. The summed E-state index contributed by atoms with van der Waals surface area (Å²) in [5, 5.41) is 0. The molecule has 2 nitrogen and oxygen atoms in total. The molecule has 1 aliphatic heterocycles. The van der Waals surface area contributed by atoms with Crippen LogP contribution in [0.4, 0.5) is 22.0 Å². The zero-order chi connectivity index (χ0) is 23.3. The van der Waals surface area contributed by atoms with Crippen molar-refractivity contribution in [2.24, 2.45) is 5.92 Å². The van der Waals surface area contributed by atoms with Gasteiger partial charge in [0.1, 0.15) is 28.8 Å². The minimum absolute atomic E-state index is 0.306. The van der Waals surface area contributed by atoms with Crippen molar-refractivity contribution in [2.45, 2.75) is 38.7 Å². The van der Waals surface area contributed by atoms with Crippen LogP contribution in [-0.4, -0.2) is 19.8 Å². The van der Waals surface area contributed by atoms with Crippen molar-refractivity contribution in [3.05, 3.63) is 64.2 Å². The normalized spacial score (nSPS) is 19.4. The largest absolute Gasteiger partial charge is 0.381 e. The van der Waals surface area contributed by atoms with E-state index in [9.17, 15) is 22.0 Å². The topological polar surface area (TPSA) is 18.5 Å². The Morgan fingerprint density at radius 3 is 2.22 bits per heavy atom. The van der Waals surface area contributed by atoms with Gasteiger partial charge in [-0.1, -0.05) is 16.2 Å². The highest BCUT2D eigenvalue weighted by Crippen LogP contribution is 2.36. The third kappa shape index (κ3) is 6.15. The molecule has 3 rings (SSSR count). The van der Waals surface area contributed by atoms with E-state index in [0.717, 1.165) is 50.1 Å². The summed E-state index contributed by atoms with van der Waals surface area (Å²) in [6.07, 6.45) is 3.50. The van der Waals surface area contributed by atoms with Gasteiger partial charge in [0.25, 0.3) is 0 Å². The van der Waals surface area contributed by atoms with Crippen LogP contribution in [0.15, 0.2) is 29.8 Å². The molecule has 1 heterocycles. The fourth-order valence-corrected chi connectivity index (χ4v) is 4.02. The Balaban J connectivity index is 1.75. The quantitative estimate of drug-likeness (QED) is 0.227. The molecule has 3 atom stereocenters. The van der Waals surface area contributed by atoms with Gasteiger partial charge < -0.3 is 9.47 Å². The number of halogens is 5. The summed E-state index contributed by atoms with van der Waals surface area (Å²) >= 11 is 0. The van der Waals surface area contributed by atoms with Gasteiger partial charge in [-0.05, 0) is 73.1 Å². The molecular formula is C24H26F5O2P. The predicted octanol–water partition coefficient (Wildman–Crippen LogP) is 7.34. The lowest BCUT2D eigenvalue weighted by atomic mass is 9.91. The third-order valence-electron chi connectivity index (χ3n) is 5.48. The second-order valence-corrected chi connectivity index (χ2v) is 8.46. The molecule has 1 saturated heterocycles. The van der Waals surface area contributed by atoms with Crippen molar-refractivity contribution in [3.8, 4) is 11.1 Å². The summed E-state index contributed by atoms with van der Waals surface area (Å²) in [4.78, 5) is 0. The Kier molecular flexibility index (Phi) is 8.80. The summed E-state index contributed by atoms with van der Waals surface area (Å²) < 4.78 is 82.4. The number of hydrogen-bond acceptors (Lipinski definition) is 2. The average molecular weight is 472 g/mol. The van der Waals surface area contributed by atoms with Crippen LogP contribution in [0, 0.1) is 29.2 Å². The highest BCUT2D eigenvalue weighted by atomic mass is 31.0. The lowest BCUT2D eigenvalue weighted by molar-refractivity contribution is -0.0267. The van der Waals surface area contributed by atoms with Gasteiger partial charge in [-0.3, -0.25) is 0 Å². The van der Waals surface area contributed by atoms with E-state index in [0.29, 0.717) is 37.2 Å². The molecular weight excluding hydrogens is 446 g/mol. The van der Waals surface area contributed by atoms with Gasteiger partial charge in [-0.25, -0.2) is 22.0 Å². The zero-order valence-electron chi connectivity index (χ0n) is 17.8. The van der Waals surface area contributed by atoms with Gasteiger partial charge in [0.05, 0.1) is 18.3 Å². The maximum Gasteiger partial charge on any atom is 0.134 e. The van der Waals surface area contributed by atoms with Crippen LogP contribution in [-0.2, 0) is 9.47 Å². The highest BCUT2D eigenvalue weighted by Gasteiger charge is 2.25. The molecule has 0 aliphatic carbocycles. The van der Waals surface area contributed by atoms with Crippen LogP contribution >= 0.6 is 9.24 Å². The molecule has 0 saturated carbocycles. The van der Waals surface area contributed by atoms with E-state index in [4.69, 9.17) is 9.47 Å². The molecule has 0 amide bonds. The smallest absolute Gasteiger partial charge is 0.134 e. The molecule has 174 valence electrons. The van der Waals surface area contributed by atoms with Crippen LogP contribution in [0.1, 0.15) is 49.8 Å². The van der Waals surface area contributed by atoms with Crippen LogP contribution < -0.4 is 0 Å². The Labute approximate surface area is 187 Å². The molecule has 0 aromatic heterocycles. The van der Waals surface area contributed by atoms with E-state index >= 15 is 0 Å².